The van der Waals surface area contributed by atoms with E-state index >= 15 is 0 Å². The molecule has 0 bridgehead atoms. The second-order valence-corrected chi connectivity index (χ2v) is 5.17. The predicted molar refractivity (Wildman–Crippen MR) is 89.7 cm³/mol. The average Bonchev–Trinajstić information content (AvgIpc) is 2.50. The molecule has 6 nitrogen and oxygen atoms in total. The van der Waals surface area contributed by atoms with Crippen molar-refractivity contribution in [3.63, 3.8) is 0 Å². The Kier molecular flexibility index (Phi) is 5.19. The van der Waals surface area contributed by atoms with Crippen molar-refractivity contribution < 1.29 is 14.3 Å². The number of anilines is 2. The van der Waals surface area contributed by atoms with Gasteiger partial charge < -0.3 is 21.1 Å². The first-order chi connectivity index (χ1) is 10.9. The van der Waals surface area contributed by atoms with Crippen LogP contribution in [0.2, 0.25) is 0 Å². The van der Waals surface area contributed by atoms with E-state index in [0.717, 1.165) is 11.1 Å². The molecule has 0 aliphatic heterocycles. The molecule has 4 N–H and O–H groups in total. The molecule has 0 aromatic heterocycles. The summed E-state index contributed by atoms with van der Waals surface area (Å²) in [4.78, 5) is 22.6. The first kappa shape index (κ1) is 16.4. The molecule has 0 atom stereocenters. The fourth-order valence-corrected chi connectivity index (χ4v) is 1.98. The van der Waals surface area contributed by atoms with Crippen LogP contribution >= 0.6 is 0 Å². The minimum atomic E-state index is -0.635. The number of nitrogens with two attached hydrogens (primary N) is 1. The van der Waals surface area contributed by atoms with Gasteiger partial charge in [0.25, 0.3) is 5.91 Å². The normalized spacial score (nSPS) is 10.0. The molecule has 3 amide bonds. The molecule has 120 valence electrons. The van der Waals surface area contributed by atoms with Crippen molar-refractivity contribution >= 4 is 23.3 Å². The quantitative estimate of drug-likeness (QED) is 0.792. The van der Waals surface area contributed by atoms with Crippen LogP contribution in [-0.4, -0.2) is 18.5 Å². The average molecular weight is 313 g/mol. The summed E-state index contributed by atoms with van der Waals surface area (Å²) in [7, 11) is 0. The van der Waals surface area contributed by atoms with Crippen molar-refractivity contribution in [3.8, 4) is 5.75 Å². The highest BCUT2D eigenvalue weighted by molar-refractivity contribution is 5.92. The van der Waals surface area contributed by atoms with Crippen LogP contribution in [-0.2, 0) is 4.79 Å². The van der Waals surface area contributed by atoms with E-state index in [1.165, 1.54) is 0 Å². The van der Waals surface area contributed by atoms with Gasteiger partial charge in [-0.15, -0.1) is 0 Å². The molecule has 0 aliphatic carbocycles. The van der Waals surface area contributed by atoms with Crippen LogP contribution in [0.3, 0.4) is 0 Å². The number of carbonyl (C=O) groups excluding carboxylic acids is 2. The van der Waals surface area contributed by atoms with Gasteiger partial charge in [-0.2, -0.15) is 0 Å². The summed E-state index contributed by atoms with van der Waals surface area (Å²) in [6.07, 6.45) is 0. The summed E-state index contributed by atoms with van der Waals surface area (Å²) in [5.41, 5.74) is 8.24. The minimum Gasteiger partial charge on any atom is -0.483 e. The van der Waals surface area contributed by atoms with Crippen LogP contribution in [0, 0.1) is 13.8 Å². The van der Waals surface area contributed by atoms with Gasteiger partial charge in [0.15, 0.2) is 6.61 Å². The van der Waals surface area contributed by atoms with Crippen molar-refractivity contribution in [3.05, 3.63) is 53.6 Å². The maximum atomic E-state index is 11.9. The summed E-state index contributed by atoms with van der Waals surface area (Å²) in [5.74, 6) is 0.433. The largest absolute Gasteiger partial charge is 0.483 e. The lowest BCUT2D eigenvalue weighted by molar-refractivity contribution is -0.118. The van der Waals surface area contributed by atoms with Gasteiger partial charge in [0.05, 0.1) is 0 Å². The SMILES string of the molecule is Cc1ccc(C)c(OCC(=O)Nc2ccc(NC(N)=O)cc2)c1. The number of nitrogens with one attached hydrogen (secondary N) is 2. The molecule has 0 fully saturated rings. The highest BCUT2D eigenvalue weighted by Gasteiger charge is 2.06. The zero-order valence-electron chi connectivity index (χ0n) is 13.1. The molecule has 0 spiro atoms. The summed E-state index contributed by atoms with van der Waals surface area (Å²) in [6, 6.07) is 11.8. The highest BCUT2D eigenvalue weighted by Crippen LogP contribution is 2.19. The topological polar surface area (TPSA) is 93.4 Å². The Bertz CT molecular complexity index is 712. The number of primary amides is 1. The first-order valence-electron chi connectivity index (χ1n) is 7.10. The number of aryl methyl sites for hydroxylation is 2. The van der Waals surface area contributed by atoms with Crippen molar-refractivity contribution in [1.29, 1.82) is 0 Å². The van der Waals surface area contributed by atoms with Gasteiger partial charge in [0.1, 0.15) is 5.75 Å². The molecule has 23 heavy (non-hydrogen) atoms. The summed E-state index contributed by atoms with van der Waals surface area (Å²) < 4.78 is 5.54. The van der Waals surface area contributed by atoms with E-state index in [-0.39, 0.29) is 12.5 Å². The van der Waals surface area contributed by atoms with E-state index in [2.05, 4.69) is 10.6 Å². The molecule has 0 aliphatic rings. The lowest BCUT2D eigenvalue weighted by Gasteiger charge is -2.10. The Morgan fingerprint density at radius 1 is 1.00 bits per heavy atom. The molecule has 0 unspecified atom stereocenters. The van der Waals surface area contributed by atoms with E-state index in [4.69, 9.17) is 10.5 Å². The van der Waals surface area contributed by atoms with E-state index in [0.29, 0.717) is 17.1 Å². The van der Waals surface area contributed by atoms with Gasteiger partial charge in [-0.05, 0) is 55.3 Å². The highest BCUT2D eigenvalue weighted by atomic mass is 16.5. The molecule has 0 saturated carbocycles. The summed E-state index contributed by atoms with van der Waals surface area (Å²) in [6.45, 7) is 3.82. The monoisotopic (exact) mass is 313 g/mol. The number of amides is 3. The predicted octanol–water partition coefficient (Wildman–Crippen LogP) is 2.81. The molecule has 2 aromatic carbocycles. The van der Waals surface area contributed by atoms with Gasteiger partial charge in [-0.3, -0.25) is 4.79 Å². The van der Waals surface area contributed by atoms with Gasteiger partial charge in [-0.25, -0.2) is 4.79 Å². The van der Waals surface area contributed by atoms with Crippen LogP contribution in [0.25, 0.3) is 0 Å². The fourth-order valence-electron chi connectivity index (χ4n) is 1.98. The van der Waals surface area contributed by atoms with Crippen LogP contribution in [0.15, 0.2) is 42.5 Å². The van der Waals surface area contributed by atoms with E-state index in [1.54, 1.807) is 24.3 Å². The second-order valence-electron chi connectivity index (χ2n) is 5.17. The number of carbonyl (C=O) groups is 2. The minimum absolute atomic E-state index is 0.0778. The molecule has 2 rings (SSSR count). The van der Waals surface area contributed by atoms with Crippen molar-refractivity contribution in [1.82, 2.24) is 0 Å². The van der Waals surface area contributed by atoms with Gasteiger partial charge in [0.2, 0.25) is 0 Å². The number of benzene rings is 2. The van der Waals surface area contributed by atoms with E-state index in [9.17, 15) is 9.59 Å². The number of hydrogen-bond donors (Lipinski definition) is 3. The zero-order chi connectivity index (χ0) is 16.8. The third kappa shape index (κ3) is 5.03. The molecule has 6 heteroatoms. The molecule has 2 aromatic rings. The van der Waals surface area contributed by atoms with Crippen molar-refractivity contribution in [2.45, 2.75) is 13.8 Å². The molecule has 0 heterocycles. The number of urea groups is 1. The molecule has 0 saturated heterocycles. The number of hydrogen-bond acceptors (Lipinski definition) is 3. The van der Waals surface area contributed by atoms with Crippen LogP contribution in [0.1, 0.15) is 11.1 Å². The van der Waals surface area contributed by atoms with E-state index in [1.807, 2.05) is 32.0 Å². The van der Waals surface area contributed by atoms with Crippen LogP contribution in [0.5, 0.6) is 5.75 Å². The first-order valence-corrected chi connectivity index (χ1v) is 7.10. The Morgan fingerprint density at radius 2 is 1.61 bits per heavy atom. The Morgan fingerprint density at radius 3 is 2.22 bits per heavy atom. The smallest absolute Gasteiger partial charge is 0.316 e. The van der Waals surface area contributed by atoms with Gasteiger partial charge in [-0.1, -0.05) is 12.1 Å². The molecule has 0 radical (unpaired) electrons. The van der Waals surface area contributed by atoms with Crippen LogP contribution in [0.4, 0.5) is 16.2 Å². The van der Waals surface area contributed by atoms with Crippen LogP contribution < -0.4 is 21.1 Å². The fraction of sp³-hybridized carbons (Fsp3) is 0.176. The Hall–Kier alpha value is -3.02. The maximum absolute atomic E-state index is 11.9. The molecular weight excluding hydrogens is 294 g/mol. The lowest BCUT2D eigenvalue weighted by Crippen LogP contribution is -2.21. The maximum Gasteiger partial charge on any atom is 0.316 e. The van der Waals surface area contributed by atoms with Crippen molar-refractivity contribution in [2.24, 2.45) is 5.73 Å². The van der Waals surface area contributed by atoms with E-state index < -0.39 is 6.03 Å². The number of ether oxygens (including phenoxy) is 1. The summed E-state index contributed by atoms with van der Waals surface area (Å²) >= 11 is 0. The third-order valence-electron chi connectivity index (χ3n) is 3.14. The summed E-state index contributed by atoms with van der Waals surface area (Å²) in [5, 5.41) is 5.16. The van der Waals surface area contributed by atoms with Gasteiger partial charge in [0, 0.05) is 11.4 Å². The Balaban J connectivity index is 1.89. The standard InChI is InChI=1S/C17H19N3O3/c1-11-3-4-12(2)15(9-11)23-10-16(21)19-13-5-7-14(8-6-13)20-17(18)22/h3-9H,10H2,1-2H3,(H,19,21)(H3,18,20,22). The third-order valence-corrected chi connectivity index (χ3v) is 3.14. The Labute approximate surface area is 134 Å². The van der Waals surface area contributed by atoms with Crippen molar-refractivity contribution in [2.75, 3.05) is 17.2 Å². The lowest BCUT2D eigenvalue weighted by atomic mass is 10.1. The van der Waals surface area contributed by atoms with Gasteiger partial charge >= 0.3 is 6.03 Å². The molecular formula is C17H19N3O3. The second kappa shape index (κ2) is 7.31. The zero-order valence-corrected chi connectivity index (χ0v) is 13.1. The number of rotatable bonds is 5.